The van der Waals surface area contributed by atoms with Gasteiger partial charge in [-0.1, -0.05) is 79.9 Å². The van der Waals surface area contributed by atoms with Gasteiger partial charge in [0.15, 0.2) is 0 Å². The van der Waals surface area contributed by atoms with Crippen LogP contribution in [0.15, 0.2) is 53.4 Å². The van der Waals surface area contributed by atoms with Crippen molar-refractivity contribution in [3.8, 4) is 0 Å². The molecule has 0 aliphatic carbocycles. The summed E-state index contributed by atoms with van der Waals surface area (Å²) in [6.07, 6.45) is 0.532. The first-order chi connectivity index (χ1) is 15.1. The molecule has 0 spiro atoms. The van der Waals surface area contributed by atoms with Crippen molar-refractivity contribution in [3.05, 3.63) is 64.1 Å². The third kappa shape index (κ3) is 6.66. The van der Waals surface area contributed by atoms with Crippen LogP contribution in [0.4, 0.5) is 0 Å². The number of hydroxylamine groups is 1. The summed E-state index contributed by atoms with van der Waals surface area (Å²) in [5.74, 6) is -1.87. The molecule has 0 saturated carbocycles. The van der Waals surface area contributed by atoms with Gasteiger partial charge in [-0.15, -0.1) is 0 Å². The Labute approximate surface area is 197 Å². The van der Waals surface area contributed by atoms with Crippen molar-refractivity contribution in [3.63, 3.8) is 0 Å². The van der Waals surface area contributed by atoms with Gasteiger partial charge >= 0.3 is 0 Å². The minimum atomic E-state index is -4.30. The molecule has 0 radical (unpaired) electrons. The molecule has 0 aliphatic rings. The lowest BCUT2D eigenvalue weighted by Gasteiger charge is -2.26. The molecule has 0 bridgehead atoms. The van der Waals surface area contributed by atoms with Crippen molar-refractivity contribution in [2.45, 2.75) is 43.7 Å². The Balaban J connectivity index is 2.39. The summed E-state index contributed by atoms with van der Waals surface area (Å²) in [6.45, 7) is 3.54. The SMILES string of the molecule is CC[C@H](C)[C@H](NC(=O)[C@H](Cc1ccccc1)NS(=O)(=O)c1c(Cl)cccc1Cl)C(=O)NO. The highest BCUT2D eigenvalue weighted by atomic mass is 35.5. The molecular formula is C21H25Cl2N3O5S. The number of sulfonamides is 1. The van der Waals surface area contributed by atoms with Crippen molar-refractivity contribution >= 4 is 45.0 Å². The van der Waals surface area contributed by atoms with E-state index in [-0.39, 0.29) is 27.3 Å². The number of carbonyl (C=O) groups excluding carboxylic acids is 2. The summed E-state index contributed by atoms with van der Waals surface area (Å²) in [5, 5.41) is 11.4. The first-order valence-electron chi connectivity index (χ1n) is 9.85. The number of amides is 2. The molecule has 2 aromatic carbocycles. The van der Waals surface area contributed by atoms with Crippen molar-refractivity contribution < 1.29 is 23.2 Å². The van der Waals surface area contributed by atoms with E-state index in [9.17, 15) is 18.0 Å². The Kier molecular flexibility index (Phi) is 9.47. The highest BCUT2D eigenvalue weighted by Gasteiger charge is 2.33. The topological polar surface area (TPSA) is 125 Å². The molecule has 0 aromatic heterocycles. The van der Waals surface area contributed by atoms with Gasteiger partial charge in [0.25, 0.3) is 5.91 Å². The maximum absolute atomic E-state index is 13.1. The van der Waals surface area contributed by atoms with Gasteiger partial charge in [-0.3, -0.25) is 14.8 Å². The fourth-order valence-corrected chi connectivity index (χ4v) is 5.39. The van der Waals surface area contributed by atoms with E-state index in [0.29, 0.717) is 12.0 Å². The molecule has 4 N–H and O–H groups in total. The standard InChI is InChI=1S/C21H25Cl2N3O5S/c1-3-13(2)18(21(28)25-29)24-20(27)17(12-14-8-5-4-6-9-14)26-32(30,31)19-15(22)10-7-11-16(19)23/h4-11,13,17-18,26,29H,3,12H2,1-2H3,(H,24,27)(H,25,28)/t13-,17-,18-/m0/s1. The van der Waals surface area contributed by atoms with Gasteiger partial charge in [0, 0.05) is 0 Å². The summed E-state index contributed by atoms with van der Waals surface area (Å²) >= 11 is 12.1. The predicted molar refractivity (Wildman–Crippen MR) is 122 cm³/mol. The number of hydrogen-bond acceptors (Lipinski definition) is 5. The number of carbonyl (C=O) groups is 2. The van der Waals surface area contributed by atoms with Gasteiger partial charge in [0.1, 0.15) is 17.0 Å². The van der Waals surface area contributed by atoms with E-state index in [1.807, 2.05) is 6.92 Å². The van der Waals surface area contributed by atoms with E-state index in [0.717, 1.165) is 0 Å². The lowest BCUT2D eigenvalue weighted by molar-refractivity contribution is -0.136. The Morgan fingerprint density at radius 2 is 1.59 bits per heavy atom. The number of halogens is 2. The second-order valence-electron chi connectivity index (χ2n) is 7.26. The molecule has 2 aromatic rings. The Hall–Kier alpha value is -2.17. The van der Waals surface area contributed by atoms with Crippen LogP contribution in [0, 0.1) is 5.92 Å². The van der Waals surface area contributed by atoms with E-state index < -0.39 is 33.9 Å². The lowest BCUT2D eigenvalue weighted by Crippen LogP contribution is -2.56. The van der Waals surface area contributed by atoms with Crippen LogP contribution in [0.2, 0.25) is 10.0 Å². The van der Waals surface area contributed by atoms with Crippen LogP contribution in [0.1, 0.15) is 25.8 Å². The van der Waals surface area contributed by atoms with Gasteiger partial charge in [-0.25, -0.2) is 13.9 Å². The van der Waals surface area contributed by atoms with Crippen LogP contribution in [-0.4, -0.2) is 37.5 Å². The molecule has 0 saturated heterocycles. The molecule has 174 valence electrons. The van der Waals surface area contributed by atoms with E-state index in [1.165, 1.54) is 23.7 Å². The third-order valence-electron chi connectivity index (χ3n) is 4.99. The zero-order valence-electron chi connectivity index (χ0n) is 17.5. The van der Waals surface area contributed by atoms with Crippen LogP contribution in [0.25, 0.3) is 0 Å². The summed E-state index contributed by atoms with van der Waals surface area (Å²) < 4.78 is 28.5. The molecule has 0 unspecified atom stereocenters. The number of hydrogen-bond donors (Lipinski definition) is 4. The van der Waals surface area contributed by atoms with E-state index in [1.54, 1.807) is 37.3 Å². The summed E-state index contributed by atoms with van der Waals surface area (Å²) in [4.78, 5) is 24.8. The molecule has 3 atom stereocenters. The van der Waals surface area contributed by atoms with Crippen molar-refractivity contribution in [1.29, 1.82) is 0 Å². The van der Waals surface area contributed by atoms with Crippen LogP contribution in [0.3, 0.4) is 0 Å². The van der Waals surface area contributed by atoms with Crippen molar-refractivity contribution in [2.24, 2.45) is 5.92 Å². The predicted octanol–water partition coefficient (Wildman–Crippen LogP) is 2.92. The number of benzene rings is 2. The maximum atomic E-state index is 13.1. The second-order valence-corrected chi connectivity index (χ2v) is 9.73. The van der Waals surface area contributed by atoms with Gasteiger partial charge in [0.2, 0.25) is 15.9 Å². The molecule has 0 aliphatic heterocycles. The third-order valence-corrected chi connectivity index (χ3v) is 7.41. The van der Waals surface area contributed by atoms with E-state index >= 15 is 0 Å². The van der Waals surface area contributed by atoms with Crippen LogP contribution < -0.4 is 15.5 Å². The molecule has 11 heteroatoms. The highest BCUT2D eigenvalue weighted by Crippen LogP contribution is 2.29. The summed E-state index contributed by atoms with van der Waals surface area (Å²) in [7, 11) is -4.30. The fraction of sp³-hybridized carbons (Fsp3) is 0.333. The smallest absolute Gasteiger partial charge is 0.266 e. The van der Waals surface area contributed by atoms with Crippen molar-refractivity contribution in [2.75, 3.05) is 0 Å². The first kappa shape index (κ1) is 26.1. The number of rotatable bonds is 10. The fourth-order valence-electron chi connectivity index (χ4n) is 3.05. The minimum absolute atomic E-state index is 0.00193. The average molecular weight is 502 g/mol. The normalized spacial score (nSPS) is 14.3. The summed E-state index contributed by atoms with van der Waals surface area (Å²) in [5.41, 5.74) is 2.22. The largest absolute Gasteiger partial charge is 0.343 e. The molecule has 32 heavy (non-hydrogen) atoms. The monoisotopic (exact) mass is 501 g/mol. The van der Waals surface area contributed by atoms with E-state index in [4.69, 9.17) is 28.4 Å². The quantitative estimate of drug-likeness (QED) is 0.294. The lowest BCUT2D eigenvalue weighted by atomic mass is 9.97. The Morgan fingerprint density at radius 3 is 2.12 bits per heavy atom. The van der Waals surface area contributed by atoms with Gasteiger partial charge < -0.3 is 5.32 Å². The maximum Gasteiger partial charge on any atom is 0.266 e. The minimum Gasteiger partial charge on any atom is -0.343 e. The highest BCUT2D eigenvalue weighted by molar-refractivity contribution is 7.89. The van der Waals surface area contributed by atoms with Gasteiger partial charge in [0.05, 0.1) is 10.0 Å². The molecular weight excluding hydrogens is 477 g/mol. The zero-order valence-corrected chi connectivity index (χ0v) is 19.8. The second kappa shape index (κ2) is 11.6. The molecule has 2 amide bonds. The van der Waals surface area contributed by atoms with Crippen molar-refractivity contribution in [1.82, 2.24) is 15.5 Å². The Morgan fingerprint density at radius 1 is 1.00 bits per heavy atom. The molecule has 8 nitrogen and oxygen atoms in total. The molecule has 2 rings (SSSR count). The van der Waals surface area contributed by atoms with Crippen LogP contribution in [0.5, 0.6) is 0 Å². The molecule has 0 fully saturated rings. The number of nitrogens with one attached hydrogen (secondary N) is 3. The first-order valence-corrected chi connectivity index (χ1v) is 12.1. The van der Waals surface area contributed by atoms with Crippen LogP contribution >= 0.6 is 23.2 Å². The zero-order chi connectivity index (χ0) is 23.9. The van der Waals surface area contributed by atoms with Gasteiger partial charge in [-0.2, -0.15) is 4.72 Å². The summed E-state index contributed by atoms with van der Waals surface area (Å²) in [6, 6.07) is 10.7. The van der Waals surface area contributed by atoms with E-state index in [2.05, 4.69) is 10.0 Å². The van der Waals surface area contributed by atoms with Crippen LogP contribution in [-0.2, 0) is 26.0 Å². The molecule has 0 heterocycles. The van der Waals surface area contributed by atoms with Gasteiger partial charge in [-0.05, 0) is 30.0 Å². The Bertz CT molecular complexity index is 1030. The average Bonchev–Trinajstić information content (AvgIpc) is 2.76.